The van der Waals surface area contributed by atoms with Crippen molar-refractivity contribution >= 4 is 56.1 Å². The van der Waals surface area contributed by atoms with Gasteiger partial charge in [0.25, 0.3) is 11.6 Å². The molecule has 0 aromatic heterocycles. The molecule has 0 fully saturated rings. The second-order valence-electron chi connectivity index (χ2n) is 6.43. The lowest BCUT2D eigenvalue weighted by atomic mass is 10.1. The maximum atomic E-state index is 12.7. The first kappa shape index (κ1) is 23.9. The average molecular weight is 575 g/mol. The highest BCUT2D eigenvalue weighted by Gasteiger charge is 2.21. The van der Waals surface area contributed by atoms with E-state index in [1.54, 1.807) is 36.4 Å². The largest absolute Gasteiger partial charge is 0.378 e. The fourth-order valence-corrected chi connectivity index (χ4v) is 4.17. The number of carbonyl (C=O) groups excluding carboxylic acids is 1. The van der Waals surface area contributed by atoms with Gasteiger partial charge in [0, 0.05) is 21.3 Å². The average Bonchev–Trinajstić information content (AvgIpc) is 2.79. The third kappa shape index (κ3) is 5.93. The van der Waals surface area contributed by atoms with Gasteiger partial charge < -0.3 is 9.50 Å². The van der Waals surface area contributed by atoms with Crippen LogP contribution in [0.5, 0.6) is 5.75 Å². The molecule has 3 rings (SSSR count). The lowest BCUT2D eigenvalue weighted by Crippen LogP contribution is -2.14. The minimum absolute atomic E-state index is 0.154. The lowest BCUT2D eigenvalue weighted by molar-refractivity contribution is -0.385. The van der Waals surface area contributed by atoms with Crippen LogP contribution in [0.1, 0.15) is 5.56 Å². The molecule has 166 valence electrons. The Balaban J connectivity index is 1.92. The van der Waals surface area contributed by atoms with Crippen LogP contribution in [-0.4, -0.2) is 19.2 Å². The summed E-state index contributed by atoms with van der Waals surface area (Å²) in [5.74, 6) is -0.836. The van der Waals surface area contributed by atoms with Gasteiger partial charge in [-0.15, -0.1) is 0 Å². The van der Waals surface area contributed by atoms with E-state index in [1.807, 2.05) is 22.6 Å². The van der Waals surface area contributed by atoms with E-state index >= 15 is 0 Å². The maximum absolute atomic E-state index is 12.7. The van der Waals surface area contributed by atoms with Crippen LogP contribution in [-0.2, 0) is 14.9 Å². The van der Waals surface area contributed by atoms with Gasteiger partial charge in [-0.3, -0.25) is 14.9 Å². The number of benzene rings is 3. The molecule has 0 aliphatic heterocycles. The molecule has 11 heteroatoms. The molecule has 0 unspecified atom stereocenters. The first-order chi connectivity index (χ1) is 15.7. The third-order valence-corrected chi connectivity index (χ3v) is 6.39. The Labute approximate surface area is 202 Å². The molecule has 0 aliphatic carbocycles. The fourth-order valence-electron chi connectivity index (χ4n) is 2.65. The predicted molar refractivity (Wildman–Crippen MR) is 129 cm³/mol. The summed E-state index contributed by atoms with van der Waals surface area (Å²) in [6.07, 6.45) is 1.20. The van der Waals surface area contributed by atoms with E-state index in [9.17, 15) is 28.6 Å². The van der Waals surface area contributed by atoms with E-state index in [4.69, 9.17) is 4.18 Å². The molecule has 0 saturated carbocycles. The summed E-state index contributed by atoms with van der Waals surface area (Å²) in [4.78, 5) is 22.4. The molecule has 0 heterocycles. The smallest absolute Gasteiger partial charge is 0.339 e. The molecule has 0 radical (unpaired) electrons. The van der Waals surface area contributed by atoms with Crippen molar-refractivity contribution in [1.29, 1.82) is 5.26 Å². The number of amides is 1. The van der Waals surface area contributed by atoms with Crippen LogP contribution in [0.25, 0.3) is 6.08 Å². The van der Waals surface area contributed by atoms with E-state index in [-0.39, 0.29) is 16.9 Å². The van der Waals surface area contributed by atoms with Gasteiger partial charge >= 0.3 is 10.1 Å². The maximum Gasteiger partial charge on any atom is 0.339 e. The molecule has 0 spiro atoms. The number of para-hydroxylation sites is 2. The van der Waals surface area contributed by atoms with E-state index in [1.165, 1.54) is 30.3 Å². The Hall–Kier alpha value is -3.76. The quantitative estimate of drug-likeness (QED) is 0.109. The van der Waals surface area contributed by atoms with Crippen molar-refractivity contribution in [2.75, 3.05) is 5.32 Å². The number of nitro groups is 1. The predicted octanol–water partition coefficient (Wildman–Crippen LogP) is 4.51. The summed E-state index contributed by atoms with van der Waals surface area (Å²) in [7, 11) is -4.43. The van der Waals surface area contributed by atoms with Crippen LogP contribution >= 0.6 is 22.6 Å². The first-order valence-corrected chi connectivity index (χ1v) is 11.7. The molecular formula is C22H14IN3O6S. The zero-order chi connectivity index (χ0) is 24.0. The van der Waals surface area contributed by atoms with Crippen LogP contribution in [0.15, 0.2) is 83.3 Å². The van der Waals surface area contributed by atoms with E-state index in [0.29, 0.717) is 5.69 Å². The highest BCUT2D eigenvalue weighted by Crippen LogP contribution is 2.27. The highest BCUT2D eigenvalue weighted by atomic mass is 127. The molecule has 1 N–H and O–H groups in total. The summed E-state index contributed by atoms with van der Waals surface area (Å²) in [5, 5.41) is 23.1. The number of rotatable bonds is 7. The number of anilines is 1. The van der Waals surface area contributed by atoms with E-state index in [0.717, 1.165) is 21.8 Å². The summed E-state index contributed by atoms with van der Waals surface area (Å²) in [5.41, 5.74) is -0.0201. The normalized spacial score (nSPS) is 11.3. The Kier molecular flexibility index (Phi) is 7.41. The molecule has 0 bridgehead atoms. The molecule has 0 aliphatic rings. The topological polar surface area (TPSA) is 139 Å². The SMILES string of the molecule is N#C/C(=C/c1ccccc1OS(=O)(=O)c1cccc([N+](=O)[O-])c1)C(=O)Nc1ccccc1I. The summed E-state index contributed by atoms with van der Waals surface area (Å²) >= 11 is 2.04. The molecule has 3 aromatic rings. The number of non-ortho nitro benzene ring substituents is 1. The van der Waals surface area contributed by atoms with Crippen LogP contribution in [0.2, 0.25) is 0 Å². The van der Waals surface area contributed by atoms with Gasteiger partial charge in [0.05, 0.1) is 10.6 Å². The Bertz CT molecular complexity index is 1410. The third-order valence-electron chi connectivity index (χ3n) is 4.22. The zero-order valence-corrected chi connectivity index (χ0v) is 19.6. The molecular weight excluding hydrogens is 561 g/mol. The molecule has 9 nitrogen and oxygen atoms in total. The van der Waals surface area contributed by atoms with Crippen molar-refractivity contribution in [3.63, 3.8) is 0 Å². The van der Waals surface area contributed by atoms with Gasteiger partial charge in [0.1, 0.15) is 22.3 Å². The second kappa shape index (κ2) is 10.2. The Morgan fingerprint density at radius 1 is 1.09 bits per heavy atom. The summed E-state index contributed by atoms with van der Waals surface area (Å²) < 4.78 is 31.3. The van der Waals surface area contributed by atoms with Crippen molar-refractivity contribution in [2.24, 2.45) is 0 Å². The van der Waals surface area contributed by atoms with Crippen molar-refractivity contribution in [3.8, 4) is 11.8 Å². The number of hydrogen-bond acceptors (Lipinski definition) is 7. The zero-order valence-electron chi connectivity index (χ0n) is 16.6. The highest BCUT2D eigenvalue weighted by molar-refractivity contribution is 14.1. The monoisotopic (exact) mass is 575 g/mol. The Morgan fingerprint density at radius 3 is 2.48 bits per heavy atom. The number of nitro benzene ring substituents is 1. The number of nitrogens with zero attached hydrogens (tertiary/aromatic N) is 2. The fraction of sp³-hybridized carbons (Fsp3) is 0. The number of hydrogen-bond donors (Lipinski definition) is 1. The van der Waals surface area contributed by atoms with Gasteiger partial charge in [-0.25, -0.2) is 0 Å². The minimum Gasteiger partial charge on any atom is -0.378 e. The number of nitriles is 1. The lowest BCUT2D eigenvalue weighted by Gasteiger charge is -2.10. The molecule has 1 amide bonds. The minimum atomic E-state index is -4.43. The molecule has 3 aromatic carbocycles. The van der Waals surface area contributed by atoms with Crippen LogP contribution < -0.4 is 9.50 Å². The number of carbonyl (C=O) groups is 1. The molecule has 33 heavy (non-hydrogen) atoms. The van der Waals surface area contributed by atoms with Gasteiger partial charge in [-0.05, 0) is 52.9 Å². The van der Waals surface area contributed by atoms with E-state index < -0.39 is 31.5 Å². The van der Waals surface area contributed by atoms with Gasteiger partial charge in [0.15, 0.2) is 0 Å². The molecule has 0 saturated heterocycles. The Morgan fingerprint density at radius 2 is 1.79 bits per heavy atom. The van der Waals surface area contributed by atoms with Crippen LogP contribution in [0, 0.1) is 25.0 Å². The van der Waals surface area contributed by atoms with Gasteiger partial charge in [-0.1, -0.05) is 36.4 Å². The first-order valence-electron chi connectivity index (χ1n) is 9.17. The van der Waals surface area contributed by atoms with Crippen molar-refractivity contribution in [3.05, 3.63) is 97.6 Å². The van der Waals surface area contributed by atoms with Crippen molar-refractivity contribution in [2.45, 2.75) is 4.90 Å². The van der Waals surface area contributed by atoms with E-state index in [2.05, 4.69) is 5.32 Å². The number of nitrogens with one attached hydrogen (secondary N) is 1. The van der Waals surface area contributed by atoms with Crippen molar-refractivity contribution in [1.82, 2.24) is 0 Å². The standard InChI is InChI=1S/C22H14IN3O6S/c23-19-9-2-3-10-20(19)25-22(27)16(14-24)12-15-6-1-4-11-21(15)32-33(30,31)18-8-5-7-17(13-18)26(28)29/h1-13H,(H,25,27)/b16-12-. The number of halogens is 1. The van der Waals surface area contributed by atoms with Crippen LogP contribution in [0.3, 0.4) is 0 Å². The van der Waals surface area contributed by atoms with Gasteiger partial charge in [-0.2, -0.15) is 13.7 Å². The summed E-state index contributed by atoms with van der Waals surface area (Å²) in [6, 6.07) is 19.1. The molecule has 0 atom stereocenters. The summed E-state index contributed by atoms with van der Waals surface area (Å²) in [6.45, 7) is 0. The van der Waals surface area contributed by atoms with Crippen LogP contribution in [0.4, 0.5) is 11.4 Å². The van der Waals surface area contributed by atoms with Gasteiger partial charge in [0.2, 0.25) is 0 Å². The second-order valence-corrected chi connectivity index (χ2v) is 9.14. The van der Waals surface area contributed by atoms with Crippen molar-refractivity contribution < 1.29 is 22.3 Å².